The monoisotopic (exact) mass is 262 g/mol. The van der Waals surface area contributed by atoms with E-state index in [1.807, 2.05) is 43.1 Å². The number of carbonyl (C=O) groups excluding carboxylic acids is 1. The van der Waals surface area contributed by atoms with Gasteiger partial charge in [0.1, 0.15) is 0 Å². The minimum absolute atomic E-state index is 0.00106. The number of quaternary nitrogens is 1. The van der Waals surface area contributed by atoms with Crippen LogP contribution in [0.15, 0.2) is 24.3 Å². The number of para-hydroxylation sites is 1. The molecule has 1 aliphatic heterocycles. The lowest BCUT2D eigenvalue weighted by Gasteiger charge is -2.33. The van der Waals surface area contributed by atoms with Gasteiger partial charge in [-0.2, -0.15) is 0 Å². The molecule has 1 saturated heterocycles. The summed E-state index contributed by atoms with van der Waals surface area (Å²) in [4.78, 5) is 15.7. The molecule has 1 fully saturated rings. The third kappa shape index (κ3) is 3.47. The fourth-order valence-corrected chi connectivity index (χ4v) is 2.57. The first-order valence-electron chi connectivity index (χ1n) is 6.98. The number of nitrogens with zero attached hydrogens (tertiary/aromatic N) is 1. The summed E-state index contributed by atoms with van der Waals surface area (Å²) in [5, 5.41) is 3.00. The number of amides is 2. The molecule has 0 radical (unpaired) electrons. The van der Waals surface area contributed by atoms with Crippen LogP contribution in [0.25, 0.3) is 0 Å². The molecule has 0 saturated carbocycles. The molecule has 0 aromatic heterocycles. The maximum atomic E-state index is 12.3. The Bertz CT molecular complexity index is 439. The van der Waals surface area contributed by atoms with Crippen LogP contribution in [-0.2, 0) is 0 Å². The predicted octanol–water partition coefficient (Wildman–Crippen LogP) is 1.14. The van der Waals surface area contributed by atoms with Crippen molar-refractivity contribution in [3.05, 3.63) is 29.8 Å². The Morgan fingerprint density at radius 1 is 1.32 bits per heavy atom. The molecule has 0 aliphatic carbocycles. The van der Waals surface area contributed by atoms with Crippen molar-refractivity contribution in [2.75, 3.05) is 32.5 Å². The van der Waals surface area contributed by atoms with E-state index in [-0.39, 0.29) is 6.03 Å². The van der Waals surface area contributed by atoms with E-state index < -0.39 is 0 Å². The van der Waals surface area contributed by atoms with Crippen LogP contribution < -0.4 is 10.2 Å². The van der Waals surface area contributed by atoms with Crippen molar-refractivity contribution in [1.29, 1.82) is 0 Å². The van der Waals surface area contributed by atoms with Gasteiger partial charge >= 0.3 is 6.03 Å². The molecule has 1 heterocycles. The minimum Gasteiger partial charge on any atom is -0.337 e. The van der Waals surface area contributed by atoms with E-state index in [2.05, 4.69) is 12.4 Å². The van der Waals surface area contributed by atoms with Crippen molar-refractivity contribution in [3.63, 3.8) is 0 Å². The van der Waals surface area contributed by atoms with Crippen LogP contribution in [0.3, 0.4) is 0 Å². The Kier molecular flexibility index (Phi) is 4.43. The number of carbonyl (C=O) groups is 1. The molecule has 1 aromatic rings. The number of anilines is 1. The molecule has 1 aliphatic rings. The van der Waals surface area contributed by atoms with Gasteiger partial charge in [-0.15, -0.1) is 0 Å². The van der Waals surface area contributed by atoms with Gasteiger partial charge in [-0.1, -0.05) is 18.2 Å². The first kappa shape index (κ1) is 13.9. The first-order valence-corrected chi connectivity index (χ1v) is 6.98. The van der Waals surface area contributed by atoms with E-state index >= 15 is 0 Å². The standard InChI is InChI=1S/C15H23N3O/c1-12-6-4-5-7-14(12)16-15(19)18(3)13-8-10-17(2)11-9-13/h4-7,13H,8-11H2,1-3H3,(H,16,19)/p+1. The van der Waals surface area contributed by atoms with E-state index in [4.69, 9.17) is 0 Å². The lowest BCUT2D eigenvalue weighted by Crippen LogP contribution is -3.10. The third-order valence-electron chi connectivity index (χ3n) is 4.06. The average Bonchev–Trinajstić information content (AvgIpc) is 2.41. The van der Waals surface area contributed by atoms with Crippen molar-refractivity contribution >= 4 is 11.7 Å². The molecular formula is C15H24N3O+. The van der Waals surface area contributed by atoms with Crippen molar-refractivity contribution in [2.24, 2.45) is 0 Å². The highest BCUT2D eigenvalue weighted by molar-refractivity contribution is 5.90. The zero-order valence-corrected chi connectivity index (χ0v) is 12.1. The van der Waals surface area contributed by atoms with E-state index in [9.17, 15) is 4.79 Å². The van der Waals surface area contributed by atoms with E-state index in [1.165, 1.54) is 0 Å². The number of benzene rings is 1. The molecule has 1 aromatic carbocycles. The summed E-state index contributed by atoms with van der Waals surface area (Å²) in [5.74, 6) is 0. The second-order valence-corrected chi connectivity index (χ2v) is 5.54. The molecule has 2 N–H and O–H groups in total. The van der Waals surface area contributed by atoms with Crippen LogP contribution in [0.1, 0.15) is 18.4 Å². The van der Waals surface area contributed by atoms with Gasteiger partial charge < -0.3 is 15.1 Å². The molecular weight excluding hydrogens is 238 g/mol. The van der Waals surface area contributed by atoms with Gasteiger partial charge in [0.15, 0.2) is 0 Å². The Hall–Kier alpha value is -1.55. The molecule has 19 heavy (non-hydrogen) atoms. The second kappa shape index (κ2) is 6.06. The van der Waals surface area contributed by atoms with Gasteiger partial charge in [0.05, 0.1) is 20.1 Å². The highest BCUT2D eigenvalue weighted by atomic mass is 16.2. The first-order chi connectivity index (χ1) is 9.08. The number of rotatable bonds is 2. The van der Waals surface area contributed by atoms with E-state index in [0.717, 1.165) is 37.2 Å². The molecule has 0 spiro atoms. The van der Waals surface area contributed by atoms with Crippen molar-refractivity contribution in [2.45, 2.75) is 25.8 Å². The summed E-state index contributed by atoms with van der Waals surface area (Å²) in [7, 11) is 4.11. The smallest absolute Gasteiger partial charge is 0.321 e. The summed E-state index contributed by atoms with van der Waals surface area (Å²) in [6.45, 7) is 4.30. The molecule has 0 unspecified atom stereocenters. The zero-order valence-electron chi connectivity index (χ0n) is 12.1. The molecule has 4 nitrogen and oxygen atoms in total. The SMILES string of the molecule is Cc1ccccc1NC(=O)N(C)C1CC[NH+](C)CC1. The van der Waals surface area contributed by atoms with Gasteiger partial charge in [0, 0.05) is 31.6 Å². The van der Waals surface area contributed by atoms with Crippen LogP contribution in [0.2, 0.25) is 0 Å². The lowest BCUT2D eigenvalue weighted by molar-refractivity contribution is -0.885. The highest BCUT2D eigenvalue weighted by Gasteiger charge is 2.25. The fraction of sp³-hybridized carbons (Fsp3) is 0.533. The molecule has 0 bridgehead atoms. The van der Waals surface area contributed by atoms with Crippen molar-refractivity contribution < 1.29 is 9.69 Å². The molecule has 0 atom stereocenters. The van der Waals surface area contributed by atoms with Gasteiger partial charge in [0.2, 0.25) is 0 Å². The lowest BCUT2D eigenvalue weighted by atomic mass is 10.0. The maximum Gasteiger partial charge on any atom is 0.321 e. The van der Waals surface area contributed by atoms with Gasteiger partial charge in [-0.25, -0.2) is 4.79 Å². The Morgan fingerprint density at radius 3 is 2.58 bits per heavy atom. The maximum absolute atomic E-state index is 12.3. The van der Waals surface area contributed by atoms with Crippen LogP contribution in [0, 0.1) is 6.92 Å². The summed E-state index contributed by atoms with van der Waals surface area (Å²) < 4.78 is 0. The largest absolute Gasteiger partial charge is 0.337 e. The third-order valence-corrected chi connectivity index (χ3v) is 4.06. The van der Waals surface area contributed by atoms with Crippen LogP contribution in [0.4, 0.5) is 10.5 Å². The van der Waals surface area contributed by atoms with Gasteiger partial charge in [-0.3, -0.25) is 0 Å². The quantitative estimate of drug-likeness (QED) is 0.824. The number of aryl methyl sites for hydroxylation is 1. The highest BCUT2D eigenvalue weighted by Crippen LogP contribution is 2.15. The Balaban J connectivity index is 1.94. The second-order valence-electron chi connectivity index (χ2n) is 5.54. The molecule has 4 heteroatoms. The van der Waals surface area contributed by atoms with Gasteiger partial charge in [-0.05, 0) is 18.6 Å². The topological polar surface area (TPSA) is 36.8 Å². The number of nitrogens with one attached hydrogen (secondary N) is 2. The van der Waals surface area contributed by atoms with E-state index in [1.54, 1.807) is 4.90 Å². The average molecular weight is 262 g/mol. The molecule has 104 valence electrons. The summed E-state index contributed by atoms with van der Waals surface area (Å²) in [6.07, 6.45) is 2.17. The van der Waals surface area contributed by atoms with Gasteiger partial charge in [0.25, 0.3) is 0 Å². The normalized spacial score (nSPS) is 22.9. The number of hydrogen-bond acceptors (Lipinski definition) is 1. The predicted molar refractivity (Wildman–Crippen MR) is 77.6 cm³/mol. The number of hydrogen-bond donors (Lipinski definition) is 2. The number of likely N-dealkylation sites (tertiary alicyclic amines) is 1. The van der Waals surface area contributed by atoms with Crippen molar-refractivity contribution in [3.8, 4) is 0 Å². The minimum atomic E-state index is -0.00106. The van der Waals surface area contributed by atoms with Crippen LogP contribution in [-0.4, -0.2) is 44.2 Å². The molecule has 2 rings (SSSR count). The van der Waals surface area contributed by atoms with E-state index in [0.29, 0.717) is 6.04 Å². The van der Waals surface area contributed by atoms with Crippen LogP contribution >= 0.6 is 0 Å². The summed E-state index contributed by atoms with van der Waals surface area (Å²) in [5.41, 5.74) is 2.00. The Morgan fingerprint density at radius 2 is 1.95 bits per heavy atom. The summed E-state index contributed by atoms with van der Waals surface area (Å²) in [6, 6.07) is 8.25. The fourth-order valence-electron chi connectivity index (χ4n) is 2.57. The van der Waals surface area contributed by atoms with Crippen LogP contribution in [0.5, 0.6) is 0 Å². The summed E-state index contributed by atoms with van der Waals surface area (Å²) >= 11 is 0. The van der Waals surface area contributed by atoms with Crippen molar-refractivity contribution in [1.82, 2.24) is 4.90 Å². The number of piperidine rings is 1. The Labute approximate surface area is 115 Å². The zero-order chi connectivity index (χ0) is 13.8. The number of urea groups is 1. The molecule has 2 amide bonds.